The summed E-state index contributed by atoms with van der Waals surface area (Å²) < 4.78 is 76.4. The third kappa shape index (κ3) is 2.90. The van der Waals surface area contributed by atoms with E-state index in [1.54, 1.807) is 13.8 Å². The number of likely N-dealkylation sites (tertiary alicyclic amines) is 1. The highest BCUT2D eigenvalue weighted by Gasteiger charge is 2.72. The minimum atomic E-state index is -5.29. The van der Waals surface area contributed by atoms with E-state index in [0.29, 0.717) is 0 Å². The Labute approximate surface area is 101 Å². The summed E-state index contributed by atoms with van der Waals surface area (Å²) in [6, 6.07) is 0. The lowest BCUT2D eigenvalue weighted by Gasteiger charge is -2.34. The van der Waals surface area contributed by atoms with Crippen LogP contribution in [0.15, 0.2) is 0 Å². The molecule has 1 fully saturated rings. The predicted molar refractivity (Wildman–Crippen MR) is 53.9 cm³/mol. The van der Waals surface area contributed by atoms with Crippen molar-refractivity contribution in [3.8, 4) is 0 Å². The van der Waals surface area contributed by atoms with Gasteiger partial charge in [0.25, 0.3) is 0 Å². The maximum absolute atomic E-state index is 12.7. The molecule has 0 aliphatic carbocycles. The van der Waals surface area contributed by atoms with Gasteiger partial charge in [0.05, 0.1) is 0 Å². The van der Waals surface area contributed by atoms with Gasteiger partial charge in [-0.05, 0) is 26.8 Å². The second kappa shape index (κ2) is 4.26. The van der Waals surface area contributed by atoms with Crippen LogP contribution in [0, 0.1) is 5.41 Å². The average Bonchev–Trinajstić information content (AvgIpc) is 2.43. The molecule has 0 aromatic rings. The van der Waals surface area contributed by atoms with E-state index >= 15 is 0 Å². The van der Waals surface area contributed by atoms with Crippen LogP contribution in [0.1, 0.15) is 20.3 Å². The fourth-order valence-electron chi connectivity index (χ4n) is 2.22. The molecule has 2 N–H and O–H groups in total. The summed E-state index contributed by atoms with van der Waals surface area (Å²) in [5.41, 5.74) is 1.17. The Bertz CT molecular complexity index is 287. The summed E-state index contributed by atoms with van der Waals surface area (Å²) in [7, 11) is 0. The van der Waals surface area contributed by atoms with Crippen LogP contribution < -0.4 is 5.73 Å². The van der Waals surface area contributed by atoms with E-state index in [-0.39, 0.29) is 13.1 Å². The van der Waals surface area contributed by atoms with E-state index in [1.807, 2.05) is 0 Å². The fraction of sp³-hybridized carbons (Fsp3) is 1.00. The molecule has 0 spiro atoms. The SMILES string of the molecule is CC(C)(N)CN1CCC(C(F)(F)F)(C(F)(F)F)C1. The first-order valence-corrected chi connectivity index (χ1v) is 5.43. The Kier molecular flexibility index (Phi) is 3.68. The number of hydrogen-bond acceptors (Lipinski definition) is 2. The van der Waals surface area contributed by atoms with Crippen LogP contribution in [0.4, 0.5) is 26.3 Å². The minimum absolute atomic E-state index is 0.000903. The zero-order valence-electron chi connectivity index (χ0n) is 10.1. The third-order valence-electron chi connectivity index (χ3n) is 3.06. The molecule has 0 aromatic carbocycles. The van der Waals surface area contributed by atoms with Crippen LogP contribution in [-0.4, -0.2) is 42.4 Å². The highest BCUT2D eigenvalue weighted by molar-refractivity contribution is 5.01. The van der Waals surface area contributed by atoms with Crippen LogP contribution in [0.2, 0.25) is 0 Å². The van der Waals surface area contributed by atoms with E-state index in [0.717, 1.165) is 4.90 Å². The van der Waals surface area contributed by atoms with Gasteiger partial charge < -0.3 is 10.6 Å². The van der Waals surface area contributed by atoms with Crippen LogP contribution in [0.25, 0.3) is 0 Å². The molecule has 0 amide bonds. The molecule has 0 saturated carbocycles. The Morgan fingerprint density at radius 1 is 1.06 bits per heavy atom. The van der Waals surface area contributed by atoms with Gasteiger partial charge in [-0.25, -0.2) is 0 Å². The molecule has 0 aromatic heterocycles. The molecule has 0 radical (unpaired) electrons. The molecule has 1 rings (SSSR count). The summed E-state index contributed by atoms with van der Waals surface area (Å²) in [5, 5.41) is 0. The van der Waals surface area contributed by atoms with Crippen molar-refractivity contribution in [3.63, 3.8) is 0 Å². The maximum Gasteiger partial charge on any atom is 0.404 e. The second-order valence-corrected chi connectivity index (χ2v) is 5.53. The molecule has 1 aliphatic rings. The topological polar surface area (TPSA) is 29.3 Å². The summed E-state index contributed by atoms with van der Waals surface area (Å²) >= 11 is 0. The molecule has 108 valence electrons. The Hall–Kier alpha value is -0.500. The Morgan fingerprint density at radius 3 is 1.78 bits per heavy atom. The van der Waals surface area contributed by atoms with Gasteiger partial charge in [0, 0.05) is 18.6 Å². The zero-order valence-corrected chi connectivity index (χ0v) is 10.1. The van der Waals surface area contributed by atoms with Crippen LogP contribution in [-0.2, 0) is 0 Å². The van der Waals surface area contributed by atoms with E-state index in [2.05, 4.69) is 0 Å². The number of rotatable bonds is 2. The number of hydrogen-bond donors (Lipinski definition) is 1. The van der Waals surface area contributed by atoms with Crippen molar-refractivity contribution in [2.75, 3.05) is 19.6 Å². The smallest absolute Gasteiger partial charge is 0.324 e. The first-order valence-electron chi connectivity index (χ1n) is 5.43. The number of nitrogens with zero attached hydrogens (tertiary/aromatic N) is 1. The highest BCUT2D eigenvalue weighted by atomic mass is 19.4. The fourth-order valence-corrected chi connectivity index (χ4v) is 2.22. The van der Waals surface area contributed by atoms with Gasteiger partial charge in [0.15, 0.2) is 5.41 Å². The van der Waals surface area contributed by atoms with Crippen LogP contribution in [0.5, 0.6) is 0 Å². The minimum Gasteiger partial charge on any atom is -0.324 e. The summed E-state index contributed by atoms with van der Waals surface area (Å²) in [6.07, 6.45) is -11.5. The van der Waals surface area contributed by atoms with Crippen molar-refractivity contribution >= 4 is 0 Å². The molecule has 0 unspecified atom stereocenters. The van der Waals surface area contributed by atoms with Gasteiger partial charge >= 0.3 is 12.4 Å². The van der Waals surface area contributed by atoms with Gasteiger partial charge in [0.2, 0.25) is 0 Å². The van der Waals surface area contributed by atoms with Gasteiger partial charge in [-0.3, -0.25) is 0 Å². The van der Waals surface area contributed by atoms with E-state index < -0.39 is 36.3 Å². The molecule has 1 aliphatic heterocycles. The van der Waals surface area contributed by atoms with E-state index in [9.17, 15) is 26.3 Å². The Morgan fingerprint density at radius 2 is 1.50 bits per heavy atom. The molecular formula is C10H16F6N2. The van der Waals surface area contributed by atoms with Crippen molar-refractivity contribution in [3.05, 3.63) is 0 Å². The normalized spacial score (nSPS) is 22.5. The lowest BCUT2D eigenvalue weighted by Crippen LogP contribution is -2.53. The van der Waals surface area contributed by atoms with Crippen molar-refractivity contribution in [2.24, 2.45) is 11.1 Å². The monoisotopic (exact) mass is 278 g/mol. The van der Waals surface area contributed by atoms with Gasteiger partial charge in [-0.2, -0.15) is 26.3 Å². The summed E-state index contributed by atoms with van der Waals surface area (Å²) in [6.45, 7) is 1.81. The van der Waals surface area contributed by atoms with Gasteiger partial charge in [-0.1, -0.05) is 0 Å². The van der Waals surface area contributed by atoms with E-state index in [4.69, 9.17) is 5.73 Å². The number of nitrogens with two attached hydrogens (primary N) is 1. The second-order valence-electron chi connectivity index (χ2n) is 5.53. The molecule has 18 heavy (non-hydrogen) atoms. The van der Waals surface area contributed by atoms with Gasteiger partial charge in [0.1, 0.15) is 0 Å². The lowest BCUT2D eigenvalue weighted by atomic mass is 9.85. The molecule has 1 saturated heterocycles. The maximum atomic E-state index is 12.7. The lowest BCUT2D eigenvalue weighted by molar-refractivity contribution is -0.335. The van der Waals surface area contributed by atoms with Crippen molar-refractivity contribution in [2.45, 2.75) is 38.2 Å². The molecule has 0 bridgehead atoms. The summed E-state index contributed by atoms with van der Waals surface area (Å²) in [5.74, 6) is 0. The van der Waals surface area contributed by atoms with Gasteiger partial charge in [-0.15, -0.1) is 0 Å². The quantitative estimate of drug-likeness (QED) is 0.786. The van der Waals surface area contributed by atoms with Crippen LogP contribution in [0.3, 0.4) is 0 Å². The first-order chi connectivity index (χ1) is 7.79. The molecule has 2 nitrogen and oxygen atoms in total. The van der Waals surface area contributed by atoms with Crippen molar-refractivity contribution in [1.29, 1.82) is 0 Å². The molecule has 8 heteroatoms. The van der Waals surface area contributed by atoms with E-state index in [1.165, 1.54) is 0 Å². The molecule has 1 heterocycles. The Balaban J connectivity index is 2.93. The highest BCUT2D eigenvalue weighted by Crippen LogP contribution is 2.55. The number of alkyl halides is 6. The first kappa shape index (κ1) is 15.6. The predicted octanol–water partition coefficient (Wildman–Crippen LogP) is 2.54. The third-order valence-corrected chi connectivity index (χ3v) is 3.06. The zero-order chi connectivity index (χ0) is 14.4. The largest absolute Gasteiger partial charge is 0.404 e. The summed E-state index contributed by atoms with van der Waals surface area (Å²) in [4.78, 5) is 1.13. The molecular weight excluding hydrogens is 262 g/mol. The molecule has 0 atom stereocenters. The van der Waals surface area contributed by atoms with Crippen LogP contribution >= 0.6 is 0 Å². The average molecular weight is 278 g/mol. The van der Waals surface area contributed by atoms with Crippen molar-refractivity contribution < 1.29 is 26.3 Å². The van der Waals surface area contributed by atoms with Crippen molar-refractivity contribution in [1.82, 2.24) is 4.90 Å². The number of halogens is 6. The standard InChI is InChI=1S/C10H16F6N2/c1-7(2,17)5-18-4-3-8(6-18,9(11,12)13)10(14,15)16/h3-6,17H2,1-2H3.